The van der Waals surface area contributed by atoms with Gasteiger partial charge in [0.05, 0.1) is 23.2 Å². The molecule has 134 valence electrons. The number of ether oxygens (including phenoxy) is 1. The van der Waals surface area contributed by atoms with Crippen molar-refractivity contribution in [1.29, 1.82) is 5.41 Å². The van der Waals surface area contributed by atoms with Gasteiger partial charge >= 0.3 is 12.1 Å². The van der Waals surface area contributed by atoms with Gasteiger partial charge in [-0.2, -0.15) is 18.3 Å². The Kier molecular flexibility index (Phi) is 5.24. The summed E-state index contributed by atoms with van der Waals surface area (Å²) in [7, 11) is 0. The van der Waals surface area contributed by atoms with E-state index in [-0.39, 0.29) is 30.3 Å². The van der Waals surface area contributed by atoms with Crippen LogP contribution < -0.4 is 0 Å². The molecule has 6 nitrogen and oxygen atoms in total. The van der Waals surface area contributed by atoms with Gasteiger partial charge in [-0.15, -0.1) is 0 Å². The maximum absolute atomic E-state index is 13.0. The Bertz CT molecular complexity index is 812. The third kappa shape index (κ3) is 4.23. The molecule has 0 radical (unpaired) electrons. The number of hydrogen-bond donors (Lipinski definition) is 1. The van der Waals surface area contributed by atoms with Crippen LogP contribution >= 0.6 is 0 Å². The van der Waals surface area contributed by atoms with Crippen molar-refractivity contribution in [3.8, 4) is 5.82 Å². The van der Waals surface area contributed by atoms with Crippen molar-refractivity contribution >= 4 is 11.7 Å². The molecule has 2 heterocycles. The van der Waals surface area contributed by atoms with Crippen LogP contribution in [0.4, 0.5) is 13.2 Å². The number of halogens is 3. The quantitative estimate of drug-likeness (QED) is 0.660. The number of pyridine rings is 1. The van der Waals surface area contributed by atoms with Crippen molar-refractivity contribution in [2.24, 2.45) is 0 Å². The van der Waals surface area contributed by atoms with Crippen molar-refractivity contribution in [3.63, 3.8) is 0 Å². The van der Waals surface area contributed by atoms with Gasteiger partial charge in [-0.1, -0.05) is 6.92 Å². The number of carbonyl (C=O) groups is 1. The molecule has 0 aliphatic carbocycles. The van der Waals surface area contributed by atoms with E-state index in [0.717, 1.165) is 12.1 Å². The van der Waals surface area contributed by atoms with E-state index in [0.29, 0.717) is 11.3 Å². The minimum Gasteiger partial charge on any atom is -0.459 e. The normalized spacial score (nSPS) is 11.4. The van der Waals surface area contributed by atoms with Crippen LogP contribution in [0.15, 0.2) is 18.3 Å². The van der Waals surface area contributed by atoms with Gasteiger partial charge in [0.1, 0.15) is 6.61 Å². The minimum absolute atomic E-state index is 0.00856. The lowest BCUT2D eigenvalue weighted by molar-refractivity contribution is -0.141. The Morgan fingerprint density at radius 1 is 1.32 bits per heavy atom. The van der Waals surface area contributed by atoms with Gasteiger partial charge in [-0.25, -0.2) is 9.67 Å². The van der Waals surface area contributed by atoms with E-state index in [9.17, 15) is 18.0 Å². The van der Waals surface area contributed by atoms with Crippen molar-refractivity contribution in [1.82, 2.24) is 14.8 Å². The Morgan fingerprint density at radius 2 is 2.00 bits per heavy atom. The average molecular weight is 354 g/mol. The van der Waals surface area contributed by atoms with Gasteiger partial charge in [-0.3, -0.25) is 4.79 Å². The first-order valence-electron chi connectivity index (χ1n) is 7.47. The molecule has 1 N–H and O–H groups in total. The van der Waals surface area contributed by atoms with Gasteiger partial charge < -0.3 is 10.1 Å². The average Bonchev–Trinajstić information content (AvgIpc) is 2.92. The molecular formula is C16H17F3N4O2. The molecule has 2 aromatic rings. The highest BCUT2D eigenvalue weighted by molar-refractivity contribution is 6.00. The molecule has 0 aliphatic heterocycles. The van der Waals surface area contributed by atoms with E-state index in [1.807, 2.05) is 0 Å². The number of rotatable bonds is 5. The third-order valence-corrected chi connectivity index (χ3v) is 3.49. The second-order valence-electron chi connectivity index (χ2n) is 5.40. The summed E-state index contributed by atoms with van der Waals surface area (Å²) in [5, 5.41) is 12.0. The van der Waals surface area contributed by atoms with Crippen LogP contribution in [-0.4, -0.2) is 33.1 Å². The standard InChI is InChI=1S/C16H17F3N4O2/c1-4-15(24)25-8-13(20)12-7-21-23(10(12)3)14-6-11(16(17,18)19)5-9(2)22-14/h5-7,20H,4,8H2,1-3H3. The van der Waals surface area contributed by atoms with E-state index in [2.05, 4.69) is 10.1 Å². The van der Waals surface area contributed by atoms with Crippen molar-refractivity contribution in [2.45, 2.75) is 33.4 Å². The fourth-order valence-electron chi connectivity index (χ4n) is 2.19. The summed E-state index contributed by atoms with van der Waals surface area (Å²) < 4.78 is 45.0. The molecule has 9 heteroatoms. The summed E-state index contributed by atoms with van der Waals surface area (Å²) in [5.41, 5.74) is 0.199. The first kappa shape index (κ1) is 18.6. The number of esters is 1. The van der Waals surface area contributed by atoms with Crippen molar-refractivity contribution in [3.05, 3.63) is 40.8 Å². The highest BCUT2D eigenvalue weighted by Gasteiger charge is 2.31. The topological polar surface area (TPSA) is 80.9 Å². The minimum atomic E-state index is -4.49. The summed E-state index contributed by atoms with van der Waals surface area (Å²) in [6.45, 7) is 4.48. The molecule has 25 heavy (non-hydrogen) atoms. The Balaban J connectivity index is 2.34. The Morgan fingerprint density at radius 3 is 2.60 bits per heavy atom. The van der Waals surface area contributed by atoms with Gasteiger partial charge in [0, 0.05) is 17.7 Å². The van der Waals surface area contributed by atoms with Crippen molar-refractivity contribution in [2.75, 3.05) is 6.61 Å². The van der Waals surface area contributed by atoms with E-state index < -0.39 is 17.7 Å². The number of alkyl halides is 3. The number of nitrogens with one attached hydrogen (secondary N) is 1. The van der Waals surface area contributed by atoms with Crippen LogP contribution in [0.5, 0.6) is 0 Å². The second-order valence-corrected chi connectivity index (χ2v) is 5.40. The fourth-order valence-corrected chi connectivity index (χ4v) is 2.19. The predicted octanol–water partition coefficient (Wildman–Crippen LogP) is 3.22. The van der Waals surface area contributed by atoms with Crippen LogP contribution in [-0.2, 0) is 15.7 Å². The van der Waals surface area contributed by atoms with E-state index >= 15 is 0 Å². The van der Waals surface area contributed by atoms with E-state index in [1.54, 1.807) is 13.8 Å². The SMILES string of the molecule is CCC(=O)OCC(=N)c1cnn(-c2cc(C(F)(F)F)cc(C)n2)c1C. The van der Waals surface area contributed by atoms with Gasteiger partial charge in [0.15, 0.2) is 5.82 Å². The van der Waals surface area contributed by atoms with Gasteiger partial charge in [0.2, 0.25) is 0 Å². The van der Waals surface area contributed by atoms with Crippen LogP contribution in [0.1, 0.15) is 35.9 Å². The summed E-state index contributed by atoms with van der Waals surface area (Å²) in [5.74, 6) is -0.431. The van der Waals surface area contributed by atoms with Crippen LogP contribution in [0.3, 0.4) is 0 Å². The lowest BCUT2D eigenvalue weighted by Gasteiger charge is -2.11. The van der Waals surface area contributed by atoms with Crippen molar-refractivity contribution < 1.29 is 22.7 Å². The van der Waals surface area contributed by atoms with E-state index in [4.69, 9.17) is 10.1 Å². The molecule has 0 atom stereocenters. The third-order valence-electron chi connectivity index (χ3n) is 3.49. The monoisotopic (exact) mass is 354 g/mol. The number of carbonyl (C=O) groups excluding carboxylic acids is 1. The summed E-state index contributed by atoms with van der Waals surface area (Å²) in [6, 6.07) is 1.85. The molecule has 0 aliphatic rings. The Hall–Kier alpha value is -2.71. The molecule has 0 aromatic carbocycles. The summed E-state index contributed by atoms with van der Waals surface area (Å²) in [4.78, 5) is 15.3. The zero-order valence-corrected chi connectivity index (χ0v) is 13.9. The first-order chi connectivity index (χ1) is 11.6. The van der Waals surface area contributed by atoms with Crippen LogP contribution in [0, 0.1) is 19.3 Å². The smallest absolute Gasteiger partial charge is 0.416 e. The van der Waals surface area contributed by atoms with E-state index in [1.165, 1.54) is 17.8 Å². The molecule has 2 rings (SSSR count). The molecule has 0 saturated carbocycles. The summed E-state index contributed by atoms with van der Waals surface area (Å²) in [6.07, 6.45) is -2.96. The maximum atomic E-state index is 13.0. The highest BCUT2D eigenvalue weighted by atomic mass is 19.4. The zero-order valence-electron chi connectivity index (χ0n) is 13.9. The predicted molar refractivity (Wildman–Crippen MR) is 83.9 cm³/mol. The molecule has 0 unspecified atom stereocenters. The maximum Gasteiger partial charge on any atom is 0.416 e. The molecule has 2 aromatic heterocycles. The first-order valence-corrected chi connectivity index (χ1v) is 7.47. The number of hydrogen-bond acceptors (Lipinski definition) is 5. The molecule has 0 spiro atoms. The van der Waals surface area contributed by atoms with Gasteiger partial charge in [-0.05, 0) is 26.0 Å². The lowest BCUT2D eigenvalue weighted by atomic mass is 10.1. The number of aromatic nitrogens is 3. The molecular weight excluding hydrogens is 337 g/mol. The number of aryl methyl sites for hydroxylation is 1. The molecule has 0 bridgehead atoms. The van der Waals surface area contributed by atoms with Gasteiger partial charge in [0.25, 0.3) is 0 Å². The fraction of sp³-hybridized carbons (Fsp3) is 0.375. The zero-order chi connectivity index (χ0) is 18.8. The van der Waals surface area contributed by atoms with Crippen LogP contribution in [0.2, 0.25) is 0 Å². The molecule has 0 saturated heterocycles. The largest absolute Gasteiger partial charge is 0.459 e. The second kappa shape index (κ2) is 7.04. The van der Waals surface area contributed by atoms with Crippen LogP contribution in [0.25, 0.3) is 5.82 Å². The molecule has 0 fully saturated rings. The lowest BCUT2D eigenvalue weighted by Crippen LogP contribution is -2.14. The summed E-state index contributed by atoms with van der Waals surface area (Å²) >= 11 is 0. The highest BCUT2D eigenvalue weighted by Crippen LogP contribution is 2.30. The number of nitrogens with zero attached hydrogens (tertiary/aromatic N) is 3. The molecule has 0 amide bonds. The Labute approximate surface area is 142 Å².